The molecule has 0 radical (unpaired) electrons. The van der Waals surface area contributed by atoms with Gasteiger partial charge in [0.15, 0.2) is 5.76 Å². The Morgan fingerprint density at radius 3 is 2.50 bits per heavy atom. The molecule has 3 heteroatoms. The minimum atomic E-state index is 0.751. The van der Waals surface area contributed by atoms with Gasteiger partial charge in [-0.1, -0.05) is 30.3 Å². The first kappa shape index (κ1) is 7.03. The van der Waals surface area contributed by atoms with E-state index in [2.05, 4.69) is 10.4 Å². The second-order valence-electron chi connectivity index (χ2n) is 2.54. The highest BCUT2D eigenvalue weighted by Gasteiger charge is 2.05. The molecule has 0 fully saturated rings. The number of hydrogen-bond donors (Lipinski definition) is 0. The summed E-state index contributed by atoms with van der Waals surface area (Å²) in [5.41, 5.74) is 1.85. The van der Waals surface area contributed by atoms with E-state index in [1.165, 1.54) is 0 Å². The van der Waals surface area contributed by atoms with Gasteiger partial charge >= 0.3 is 0 Å². The quantitative estimate of drug-likeness (QED) is 0.640. The Morgan fingerprint density at radius 1 is 1.17 bits per heavy atom. The zero-order valence-electron chi connectivity index (χ0n) is 6.69. The molecule has 0 saturated heterocycles. The van der Waals surface area contributed by atoms with Crippen LogP contribution in [0.5, 0.6) is 0 Å². The summed E-state index contributed by atoms with van der Waals surface area (Å²) in [6.07, 6.45) is 0. The number of benzene rings is 1. The van der Waals surface area contributed by atoms with Crippen LogP contribution in [-0.2, 0) is 0 Å². The van der Waals surface area contributed by atoms with Gasteiger partial charge in [0.2, 0.25) is 0 Å². The van der Waals surface area contributed by atoms with Gasteiger partial charge in [-0.15, -0.1) is 5.10 Å². The molecule has 0 N–H and O–H groups in total. The Bertz CT molecular complexity index is 367. The molecule has 0 aliphatic carbocycles. The van der Waals surface area contributed by atoms with Crippen LogP contribution in [0.25, 0.3) is 11.3 Å². The molecule has 0 saturated carbocycles. The third-order valence-electron chi connectivity index (χ3n) is 1.70. The normalized spacial score (nSPS) is 10.1. The summed E-state index contributed by atoms with van der Waals surface area (Å²) in [4.78, 5) is 0. The Morgan fingerprint density at radius 2 is 1.92 bits per heavy atom. The van der Waals surface area contributed by atoms with Crippen LogP contribution in [0, 0.1) is 6.92 Å². The molecule has 1 aromatic carbocycles. The van der Waals surface area contributed by atoms with Crippen LogP contribution in [0.3, 0.4) is 0 Å². The number of rotatable bonds is 1. The van der Waals surface area contributed by atoms with Gasteiger partial charge < -0.3 is 4.52 Å². The summed E-state index contributed by atoms with van der Waals surface area (Å²) < 4.78 is 4.86. The fraction of sp³-hybridized carbons (Fsp3) is 0.111. The molecule has 0 spiro atoms. The summed E-state index contributed by atoms with van der Waals surface area (Å²) in [7, 11) is 0. The van der Waals surface area contributed by atoms with Crippen LogP contribution in [0.2, 0.25) is 0 Å². The molecule has 1 heterocycles. The van der Waals surface area contributed by atoms with Crippen molar-refractivity contribution < 1.29 is 4.52 Å². The van der Waals surface area contributed by atoms with Crippen molar-refractivity contribution in [2.45, 2.75) is 6.92 Å². The maximum Gasteiger partial charge on any atom is 0.162 e. The minimum absolute atomic E-state index is 0.751. The molecule has 0 atom stereocenters. The molecule has 12 heavy (non-hydrogen) atoms. The van der Waals surface area contributed by atoms with Crippen LogP contribution in [0.15, 0.2) is 34.9 Å². The zero-order chi connectivity index (χ0) is 8.39. The third kappa shape index (κ3) is 1.09. The van der Waals surface area contributed by atoms with Gasteiger partial charge in [0.25, 0.3) is 0 Å². The van der Waals surface area contributed by atoms with E-state index < -0.39 is 0 Å². The lowest BCUT2D eigenvalue weighted by Crippen LogP contribution is -1.78. The summed E-state index contributed by atoms with van der Waals surface area (Å²) >= 11 is 0. The second kappa shape index (κ2) is 2.77. The van der Waals surface area contributed by atoms with Crippen LogP contribution >= 0.6 is 0 Å². The Kier molecular flexibility index (Phi) is 1.63. The predicted octanol–water partition coefficient (Wildman–Crippen LogP) is 2.05. The van der Waals surface area contributed by atoms with E-state index in [-0.39, 0.29) is 0 Å². The smallest absolute Gasteiger partial charge is 0.162 e. The van der Waals surface area contributed by atoms with Crippen molar-refractivity contribution in [3.8, 4) is 11.3 Å². The van der Waals surface area contributed by atoms with Crippen molar-refractivity contribution in [3.63, 3.8) is 0 Å². The average Bonchev–Trinajstić information content (AvgIpc) is 2.53. The highest BCUT2D eigenvalue weighted by Crippen LogP contribution is 2.18. The number of aryl methyl sites for hydroxylation is 1. The summed E-state index contributed by atoms with van der Waals surface area (Å²) in [6.45, 7) is 1.85. The van der Waals surface area contributed by atoms with Gasteiger partial charge in [-0.3, -0.25) is 0 Å². The van der Waals surface area contributed by atoms with Crippen LogP contribution in [0.1, 0.15) is 5.76 Å². The van der Waals surface area contributed by atoms with Crippen molar-refractivity contribution in [2.24, 2.45) is 0 Å². The van der Waals surface area contributed by atoms with E-state index in [1.807, 2.05) is 37.3 Å². The number of nitrogens with zero attached hydrogens (tertiary/aromatic N) is 2. The van der Waals surface area contributed by atoms with E-state index in [0.717, 1.165) is 17.0 Å². The molecule has 60 valence electrons. The highest BCUT2D eigenvalue weighted by atomic mass is 16.5. The van der Waals surface area contributed by atoms with Gasteiger partial charge in [-0.05, 0) is 6.92 Å². The molecule has 2 rings (SSSR count). The van der Waals surface area contributed by atoms with Crippen molar-refractivity contribution in [2.75, 3.05) is 0 Å². The summed E-state index contributed by atoms with van der Waals surface area (Å²) in [5.74, 6) is 0.751. The molecular formula is C9H8N2O. The lowest BCUT2D eigenvalue weighted by molar-refractivity contribution is 0.374. The average molecular weight is 160 g/mol. The monoisotopic (exact) mass is 160 g/mol. The maximum atomic E-state index is 4.86. The van der Waals surface area contributed by atoms with Crippen molar-refractivity contribution >= 4 is 0 Å². The van der Waals surface area contributed by atoms with Crippen LogP contribution < -0.4 is 0 Å². The largest absolute Gasteiger partial charge is 0.342 e. The van der Waals surface area contributed by atoms with Crippen LogP contribution in [0.4, 0.5) is 0 Å². The standard InChI is InChI=1S/C9H8N2O/c1-7-9(10-11-12-7)8-5-3-2-4-6-8/h2-6H,1H3. The minimum Gasteiger partial charge on any atom is -0.342 e. The third-order valence-corrected chi connectivity index (χ3v) is 1.70. The van der Waals surface area contributed by atoms with Crippen molar-refractivity contribution in [1.82, 2.24) is 10.4 Å². The van der Waals surface area contributed by atoms with Crippen molar-refractivity contribution in [3.05, 3.63) is 36.1 Å². The highest BCUT2D eigenvalue weighted by molar-refractivity contribution is 5.59. The van der Waals surface area contributed by atoms with Gasteiger partial charge in [0, 0.05) is 10.8 Å². The maximum absolute atomic E-state index is 4.86. The Labute approximate surface area is 70.0 Å². The molecule has 0 aliphatic heterocycles. The first-order valence-corrected chi connectivity index (χ1v) is 3.72. The van der Waals surface area contributed by atoms with Gasteiger partial charge in [0.1, 0.15) is 5.69 Å². The molecule has 0 unspecified atom stereocenters. The fourth-order valence-corrected chi connectivity index (χ4v) is 1.09. The summed E-state index contributed by atoms with van der Waals surface area (Å²) in [6, 6.07) is 9.85. The van der Waals surface area contributed by atoms with Crippen LogP contribution in [-0.4, -0.2) is 10.4 Å². The second-order valence-corrected chi connectivity index (χ2v) is 2.54. The lowest BCUT2D eigenvalue weighted by atomic mass is 10.1. The molecule has 0 bridgehead atoms. The van der Waals surface area contributed by atoms with E-state index >= 15 is 0 Å². The van der Waals surface area contributed by atoms with E-state index in [0.29, 0.717) is 0 Å². The number of hydrogen-bond acceptors (Lipinski definition) is 3. The lowest BCUT2D eigenvalue weighted by Gasteiger charge is -1.92. The van der Waals surface area contributed by atoms with Gasteiger partial charge in [0.05, 0.1) is 0 Å². The molecule has 1 aromatic heterocycles. The Hall–Kier alpha value is -1.64. The van der Waals surface area contributed by atoms with E-state index in [9.17, 15) is 0 Å². The molecule has 3 nitrogen and oxygen atoms in total. The van der Waals surface area contributed by atoms with Crippen molar-refractivity contribution in [1.29, 1.82) is 0 Å². The van der Waals surface area contributed by atoms with E-state index in [4.69, 9.17) is 4.52 Å². The van der Waals surface area contributed by atoms with Gasteiger partial charge in [-0.25, -0.2) is 0 Å². The number of aromatic nitrogens is 2. The molecule has 0 amide bonds. The SMILES string of the molecule is Cc1onnc1-c1ccccc1. The van der Waals surface area contributed by atoms with E-state index in [1.54, 1.807) is 0 Å². The first-order valence-electron chi connectivity index (χ1n) is 3.72. The predicted molar refractivity (Wildman–Crippen MR) is 44.5 cm³/mol. The molecule has 2 aromatic rings. The Balaban J connectivity index is 2.51. The molecule has 0 aliphatic rings. The zero-order valence-corrected chi connectivity index (χ0v) is 6.69. The summed E-state index contributed by atoms with van der Waals surface area (Å²) in [5, 5.41) is 7.34. The first-order chi connectivity index (χ1) is 5.88. The molecular weight excluding hydrogens is 152 g/mol. The fourth-order valence-electron chi connectivity index (χ4n) is 1.09. The topological polar surface area (TPSA) is 38.9 Å². The van der Waals surface area contributed by atoms with Gasteiger partial charge in [-0.2, -0.15) is 0 Å².